The summed E-state index contributed by atoms with van der Waals surface area (Å²) in [5.41, 5.74) is 0. The molecule has 0 bridgehead atoms. The highest BCUT2D eigenvalue weighted by Gasteiger charge is 2.31. The van der Waals surface area contributed by atoms with Gasteiger partial charge in [-0.05, 0) is 30.1 Å². The molecule has 0 N–H and O–H groups in total. The highest BCUT2D eigenvalue weighted by molar-refractivity contribution is 6.84. The van der Waals surface area contributed by atoms with Crippen LogP contribution in [0.2, 0.25) is 13.1 Å². The zero-order valence-corrected chi connectivity index (χ0v) is 13.0. The molecule has 0 amide bonds. The van der Waals surface area contributed by atoms with Crippen LogP contribution in [0, 0.1) is 11.8 Å². The van der Waals surface area contributed by atoms with Crippen molar-refractivity contribution in [2.75, 3.05) is 0 Å². The molecule has 0 atom stereocenters. The fourth-order valence-electron chi connectivity index (χ4n) is 2.29. The lowest BCUT2D eigenvalue weighted by atomic mass is 9.97. The zero-order valence-electron chi connectivity index (χ0n) is 12.0. The highest BCUT2D eigenvalue weighted by Crippen LogP contribution is 2.21. The topological polar surface area (TPSA) is 9.23 Å². The van der Waals surface area contributed by atoms with Gasteiger partial charge in [0, 0.05) is 6.10 Å². The van der Waals surface area contributed by atoms with Gasteiger partial charge in [0.25, 0.3) is 0 Å². The second-order valence-electron chi connectivity index (χ2n) is 5.95. The molecule has 0 unspecified atom stereocenters. The van der Waals surface area contributed by atoms with Crippen LogP contribution in [-0.4, -0.2) is 14.4 Å². The van der Waals surface area contributed by atoms with Crippen LogP contribution in [0.5, 0.6) is 0 Å². The number of hydrogen-bond donors (Lipinski definition) is 0. The van der Waals surface area contributed by atoms with Crippen LogP contribution in [0.1, 0.15) is 27.7 Å². The maximum Gasteiger partial charge on any atom is 0.218 e. The predicted molar refractivity (Wildman–Crippen MR) is 78.1 cm³/mol. The van der Waals surface area contributed by atoms with Crippen molar-refractivity contribution in [1.29, 1.82) is 0 Å². The average Bonchev–Trinajstić information content (AvgIpc) is 2.26. The summed E-state index contributed by atoms with van der Waals surface area (Å²) >= 11 is 0. The minimum absolute atomic E-state index is 0.358. The molecule has 96 valence electrons. The summed E-state index contributed by atoms with van der Waals surface area (Å²) in [4.78, 5) is 0. The Kier molecular flexibility index (Phi) is 4.96. The summed E-state index contributed by atoms with van der Waals surface area (Å²) in [5, 5.41) is 1.38. The zero-order chi connectivity index (χ0) is 13.1. The Balaban J connectivity index is 2.85. The van der Waals surface area contributed by atoms with Crippen LogP contribution in [0.25, 0.3) is 0 Å². The molecule has 0 saturated carbocycles. The van der Waals surface area contributed by atoms with Crippen molar-refractivity contribution in [3.63, 3.8) is 0 Å². The van der Waals surface area contributed by atoms with E-state index in [0.29, 0.717) is 17.9 Å². The van der Waals surface area contributed by atoms with E-state index in [1.165, 1.54) is 5.19 Å². The third-order valence-corrected chi connectivity index (χ3v) is 5.80. The summed E-state index contributed by atoms with van der Waals surface area (Å²) < 4.78 is 6.49. The normalized spacial score (nSPS) is 12.8. The van der Waals surface area contributed by atoms with Crippen LogP contribution in [0.4, 0.5) is 0 Å². The Hall–Kier alpha value is -0.603. The third kappa shape index (κ3) is 3.97. The third-order valence-electron chi connectivity index (χ3n) is 3.21. The van der Waals surface area contributed by atoms with Gasteiger partial charge in [0.2, 0.25) is 8.32 Å². The summed E-state index contributed by atoms with van der Waals surface area (Å²) in [6, 6.07) is 10.7. The quantitative estimate of drug-likeness (QED) is 0.722. The Morgan fingerprint density at radius 3 is 1.76 bits per heavy atom. The summed E-state index contributed by atoms with van der Waals surface area (Å²) in [7, 11) is -1.77. The first-order chi connectivity index (χ1) is 7.84. The van der Waals surface area contributed by atoms with Crippen LogP contribution >= 0.6 is 0 Å². The van der Waals surface area contributed by atoms with Gasteiger partial charge in [-0.15, -0.1) is 0 Å². The van der Waals surface area contributed by atoms with Gasteiger partial charge in [-0.2, -0.15) is 0 Å². The Morgan fingerprint density at radius 1 is 0.882 bits per heavy atom. The molecule has 0 fully saturated rings. The first kappa shape index (κ1) is 14.5. The fraction of sp³-hybridized carbons (Fsp3) is 0.600. The van der Waals surface area contributed by atoms with Gasteiger partial charge in [0.15, 0.2) is 0 Å². The Labute approximate surface area is 107 Å². The second kappa shape index (κ2) is 5.83. The molecule has 0 radical (unpaired) electrons. The molecular formula is C15H26OSi. The van der Waals surface area contributed by atoms with Gasteiger partial charge in [-0.3, -0.25) is 0 Å². The predicted octanol–water partition coefficient (Wildman–Crippen LogP) is 3.80. The molecule has 1 rings (SSSR count). The Morgan fingerprint density at radius 2 is 1.35 bits per heavy atom. The van der Waals surface area contributed by atoms with Crippen LogP contribution in [0.3, 0.4) is 0 Å². The molecule has 0 spiro atoms. The molecule has 0 aromatic heterocycles. The molecule has 0 saturated heterocycles. The van der Waals surface area contributed by atoms with E-state index in [1.54, 1.807) is 0 Å². The fourth-order valence-corrected chi connectivity index (χ4v) is 4.65. The first-order valence-corrected chi connectivity index (χ1v) is 9.48. The van der Waals surface area contributed by atoms with Crippen molar-refractivity contribution < 1.29 is 4.43 Å². The van der Waals surface area contributed by atoms with Crippen LogP contribution in [0.15, 0.2) is 30.3 Å². The lowest BCUT2D eigenvalue weighted by Gasteiger charge is -2.34. The van der Waals surface area contributed by atoms with E-state index < -0.39 is 8.32 Å². The minimum Gasteiger partial charge on any atom is -0.410 e. The molecule has 0 aliphatic carbocycles. The van der Waals surface area contributed by atoms with E-state index >= 15 is 0 Å². The van der Waals surface area contributed by atoms with E-state index in [-0.39, 0.29) is 0 Å². The van der Waals surface area contributed by atoms with E-state index in [0.717, 1.165) is 0 Å². The molecule has 2 heteroatoms. The van der Waals surface area contributed by atoms with E-state index in [9.17, 15) is 0 Å². The number of rotatable bonds is 5. The highest BCUT2D eigenvalue weighted by atomic mass is 28.4. The smallest absolute Gasteiger partial charge is 0.218 e. The molecule has 0 heterocycles. The standard InChI is InChI=1S/C15H26OSi/c1-12(2)15(13(3)4)16-17(5,6)14-10-8-7-9-11-14/h7-13,15H,1-6H3. The van der Waals surface area contributed by atoms with Gasteiger partial charge in [0.05, 0.1) is 0 Å². The van der Waals surface area contributed by atoms with Gasteiger partial charge in [0.1, 0.15) is 0 Å². The molecular weight excluding hydrogens is 224 g/mol. The largest absolute Gasteiger partial charge is 0.410 e. The average molecular weight is 250 g/mol. The van der Waals surface area contributed by atoms with Crippen molar-refractivity contribution in [1.82, 2.24) is 0 Å². The molecule has 1 aromatic carbocycles. The summed E-state index contributed by atoms with van der Waals surface area (Å²) in [6.07, 6.45) is 0.358. The second-order valence-corrected chi connectivity index (χ2v) is 9.78. The van der Waals surface area contributed by atoms with Crippen molar-refractivity contribution in [3.05, 3.63) is 30.3 Å². The lowest BCUT2D eigenvalue weighted by Crippen LogP contribution is -2.49. The summed E-state index contributed by atoms with van der Waals surface area (Å²) in [6.45, 7) is 13.6. The van der Waals surface area contributed by atoms with Gasteiger partial charge in [-0.25, -0.2) is 0 Å². The Bertz CT molecular complexity index is 322. The monoisotopic (exact) mass is 250 g/mol. The first-order valence-electron chi connectivity index (χ1n) is 6.58. The number of hydrogen-bond acceptors (Lipinski definition) is 1. The van der Waals surface area contributed by atoms with Crippen LogP contribution in [-0.2, 0) is 4.43 Å². The van der Waals surface area contributed by atoms with Gasteiger partial charge in [-0.1, -0.05) is 58.0 Å². The van der Waals surface area contributed by atoms with Crippen LogP contribution < -0.4 is 5.19 Å². The van der Waals surface area contributed by atoms with Crippen molar-refractivity contribution in [2.24, 2.45) is 11.8 Å². The molecule has 17 heavy (non-hydrogen) atoms. The molecule has 0 aliphatic heterocycles. The van der Waals surface area contributed by atoms with E-state index in [2.05, 4.69) is 71.1 Å². The van der Waals surface area contributed by atoms with E-state index in [1.807, 2.05) is 0 Å². The molecule has 1 aromatic rings. The summed E-state index contributed by atoms with van der Waals surface area (Å²) in [5.74, 6) is 1.15. The SMILES string of the molecule is CC(C)C(O[Si](C)(C)c1ccccc1)C(C)C. The van der Waals surface area contributed by atoms with Gasteiger partial charge >= 0.3 is 0 Å². The maximum absolute atomic E-state index is 6.49. The maximum atomic E-state index is 6.49. The van der Waals surface area contributed by atoms with Gasteiger partial charge < -0.3 is 4.43 Å². The lowest BCUT2D eigenvalue weighted by molar-refractivity contribution is 0.0998. The number of benzene rings is 1. The van der Waals surface area contributed by atoms with Crippen molar-refractivity contribution in [3.8, 4) is 0 Å². The minimum atomic E-state index is -1.77. The molecule has 1 nitrogen and oxygen atoms in total. The van der Waals surface area contributed by atoms with Crippen molar-refractivity contribution >= 4 is 13.5 Å². The molecule has 0 aliphatic rings. The van der Waals surface area contributed by atoms with Crippen molar-refractivity contribution in [2.45, 2.75) is 46.9 Å². The van der Waals surface area contributed by atoms with E-state index in [4.69, 9.17) is 4.43 Å².